The molecule has 1 saturated carbocycles. The van der Waals surface area contributed by atoms with E-state index in [4.69, 9.17) is 4.74 Å². The number of amides is 2. The molecule has 1 aliphatic carbocycles. The molecule has 2 unspecified atom stereocenters. The third-order valence-corrected chi connectivity index (χ3v) is 6.64. The van der Waals surface area contributed by atoms with E-state index in [0.29, 0.717) is 24.6 Å². The third-order valence-electron chi connectivity index (χ3n) is 5.81. The van der Waals surface area contributed by atoms with Gasteiger partial charge in [0.25, 0.3) is 5.91 Å². The summed E-state index contributed by atoms with van der Waals surface area (Å²) < 4.78 is 5.84. The summed E-state index contributed by atoms with van der Waals surface area (Å²) in [5, 5.41) is 8.78. The molecule has 1 aliphatic rings. The Bertz CT molecular complexity index is 931. The Labute approximate surface area is 201 Å². The summed E-state index contributed by atoms with van der Waals surface area (Å²) in [4.78, 5) is 29.7. The lowest BCUT2D eigenvalue weighted by atomic mass is 9.88. The van der Waals surface area contributed by atoms with E-state index in [1.54, 1.807) is 5.38 Å². The highest BCUT2D eigenvalue weighted by molar-refractivity contribution is 7.09. The zero-order chi connectivity index (χ0) is 24.0. The van der Waals surface area contributed by atoms with Gasteiger partial charge in [0.2, 0.25) is 5.91 Å². The largest absolute Gasteiger partial charge is 0.486 e. The number of hydrogen-bond acceptors (Lipinski definition) is 5. The van der Waals surface area contributed by atoms with Crippen LogP contribution in [0.5, 0.6) is 5.75 Å². The van der Waals surface area contributed by atoms with Gasteiger partial charge in [0.15, 0.2) is 0 Å². The molecule has 0 radical (unpaired) electrons. The zero-order valence-corrected chi connectivity index (χ0v) is 21.3. The lowest BCUT2D eigenvalue weighted by Gasteiger charge is -2.33. The highest BCUT2D eigenvalue weighted by Gasteiger charge is 2.29. The van der Waals surface area contributed by atoms with E-state index < -0.39 is 0 Å². The second-order valence-electron chi connectivity index (χ2n) is 10.4. The Morgan fingerprint density at radius 3 is 2.33 bits per heavy atom. The molecular formula is C26H37N3O3S. The van der Waals surface area contributed by atoms with Crippen molar-refractivity contribution in [3.63, 3.8) is 0 Å². The van der Waals surface area contributed by atoms with Crippen molar-refractivity contribution in [3.05, 3.63) is 45.9 Å². The molecule has 0 bridgehead atoms. The van der Waals surface area contributed by atoms with Crippen molar-refractivity contribution in [1.29, 1.82) is 0 Å². The Kier molecular flexibility index (Phi) is 8.51. The number of thiazole rings is 1. The molecule has 1 aromatic carbocycles. The minimum atomic E-state index is -0.194. The van der Waals surface area contributed by atoms with Crippen molar-refractivity contribution in [3.8, 4) is 5.75 Å². The van der Waals surface area contributed by atoms with E-state index in [-0.39, 0.29) is 29.3 Å². The molecule has 33 heavy (non-hydrogen) atoms. The van der Waals surface area contributed by atoms with Crippen molar-refractivity contribution in [1.82, 2.24) is 15.6 Å². The predicted octanol–water partition coefficient (Wildman–Crippen LogP) is 5.44. The number of benzene rings is 1. The second-order valence-corrected chi connectivity index (χ2v) is 11.4. The molecular weight excluding hydrogens is 434 g/mol. The van der Waals surface area contributed by atoms with Crippen LogP contribution in [-0.2, 0) is 11.4 Å². The summed E-state index contributed by atoms with van der Waals surface area (Å²) in [7, 11) is 0. The lowest BCUT2D eigenvalue weighted by molar-refractivity contribution is -0.123. The SMILES string of the molecule is CC(C)c1ccc(OCc2nc(C(=O)NC3CCCCC3NC(=O)CC(C)(C)C)cs2)cc1. The van der Waals surface area contributed by atoms with Crippen molar-refractivity contribution in [2.75, 3.05) is 0 Å². The first-order chi connectivity index (χ1) is 15.6. The lowest BCUT2D eigenvalue weighted by Crippen LogP contribution is -2.53. The Morgan fingerprint density at radius 1 is 1.09 bits per heavy atom. The number of nitrogens with one attached hydrogen (secondary N) is 2. The Morgan fingerprint density at radius 2 is 1.73 bits per heavy atom. The molecule has 6 nitrogen and oxygen atoms in total. The molecule has 7 heteroatoms. The predicted molar refractivity (Wildman–Crippen MR) is 133 cm³/mol. The highest BCUT2D eigenvalue weighted by Crippen LogP contribution is 2.23. The fourth-order valence-electron chi connectivity index (χ4n) is 4.03. The molecule has 2 aromatic rings. The zero-order valence-electron chi connectivity index (χ0n) is 20.4. The molecule has 2 amide bonds. The summed E-state index contributed by atoms with van der Waals surface area (Å²) in [6, 6.07) is 7.97. The number of hydrogen-bond donors (Lipinski definition) is 2. The Hall–Kier alpha value is -2.41. The maximum atomic E-state index is 12.8. The van der Waals surface area contributed by atoms with Crippen molar-refractivity contribution < 1.29 is 14.3 Å². The molecule has 2 N–H and O–H groups in total. The Balaban J connectivity index is 1.53. The summed E-state index contributed by atoms with van der Waals surface area (Å²) in [6.45, 7) is 10.8. The van der Waals surface area contributed by atoms with Crippen LogP contribution in [0.1, 0.15) is 93.7 Å². The van der Waals surface area contributed by atoms with E-state index >= 15 is 0 Å². The topological polar surface area (TPSA) is 80.3 Å². The quantitative estimate of drug-likeness (QED) is 0.537. The van der Waals surface area contributed by atoms with Crippen LogP contribution >= 0.6 is 11.3 Å². The number of ether oxygens (including phenoxy) is 1. The van der Waals surface area contributed by atoms with Crippen LogP contribution in [0.3, 0.4) is 0 Å². The number of carbonyl (C=O) groups is 2. The van der Waals surface area contributed by atoms with Crippen molar-refractivity contribution >= 4 is 23.2 Å². The van der Waals surface area contributed by atoms with Crippen LogP contribution in [0.25, 0.3) is 0 Å². The molecule has 1 heterocycles. The molecule has 0 saturated heterocycles. The average molecular weight is 472 g/mol. The minimum absolute atomic E-state index is 0.0344. The molecule has 180 valence electrons. The smallest absolute Gasteiger partial charge is 0.271 e. The molecule has 0 spiro atoms. The fraction of sp³-hybridized carbons (Fsp3) is 0.577. The van der Waals surface area contributed by atoms with Crippen LogP contribution in [0, 0.1) is 5.41 Å². The van der Waals surface area contributed by atoms with Gasteiger partial charge >= 0.3 is 0 Å². The first kappa shape index (κ1) is 25.2. The molecule has 1 fully saturated rings. The van der Waals surface area contributed by atoms with Gasteiger partial charge in [-0.25, -0.2) is 4.98 Å². The van der Waals surface area contributed by atoms with Gasteiger partial charge in [-0.3, -0.25) is 9.59 Å². The third kappa shape index (κ3) is 7.84. The summed E-state index contributed by atoms with van der Waals surface area (Å²) in [5.74, 6) is 1.12. The first-order valence-electron chi connectivity index (χ1n) is 11.9. The van der Waals surface area contributed by atoms with Crippen molar-refractivity contribution in [2.24, 2.45) is 5.41 Å². The van der Waals surface area contributed by atoms with E-state index in [9.17, 15) is 9.59 Å². The minimum Gasteiger partial charge on any atom is -0.486 e. The van der Waals surface area contributed by atoms with E-state index in [2.05, 4.69) is 62.4 Å². The molecule has 1 aromatic heterocycles. The van der Waals surface area contributed by atoms with Gasteiger partial charge in [-0.2, -0.15) is 0 Å². The van der Waals surface area contributed by atoms with Crippen molar-refractivity contribution in [2.45, 2.75) is 91.3 Å². The van der Waals surface area contributed by atoms with E-state index in [1.165, 1.54) is 16.9 Å². The van der Waals surface area contributed by atoms with E-state index in [1.807, 2.05) is 12.1 Å². The van der Waals surface area contributed by atoms with E-state index in [0.717, 1.165) is 36.4 Å². The van der Waals surface area contributed by atoms with Gasteiger partial charge in [0.1, 0.15) is 23.1 Å². The summed E-state index contributed by atoms with van der Waals surface area (Å²) >= 11 is 1.42. The van der Waals surface area contributed by atoms with Crippen LogP contribution < -0.4 is 15.4 Å². The van der Waals surface area contributed by atoms with Crippen LogP contribution in [0.4, 0.5) is 0 Å². The monoisotopic (exact) mass is 471 g/mol. The van der Waals surface area contributed by atoms with Crippen LogP contribution in [0.15, 0.2) is 29.6 Å². The molecule has 2 atom stereocenters. The van der Waals surface area contributed by atoms with Gasteiger partial charge in [0, 0.05) is 23.9 Å². The van der Waals surface area contributed by atoms with Gasteiger partial charge in [-0.05, 0) is 41.9 Å². The number of aromatic nitrogens is 1. The maximum absolute atomic E-state index is 12.8. The highest BCUT2D eigenvalue weighted by atomic mass is 32.1. The number of carbonyl (C=O) groups excluding carboxylic acids is 2. The number of rotatable bonds is 8. The number of nitrogens with zero attached hydrogens (tertiary/aromatic N) is 1. The normalized spacial score (nSPS) is 18.7. The summed E-state index contributed by atoms with van der Waals surface area (Å²) in [6.07, 6.45) is 4.32. The van der Waals surface area contributed by atoms with Gasteiger partial charge in [-0.1, -0.05) is 59.6 Å². The standard InChI is InChI=1S/C26H37N3O3S/c1-17(2)18-10-12-19(13-11-18)32-15-24-28-22(16-33-24)25(31)29-21-9-7-6-8-20(21)27-23(30)14-26(3,4)5/h10-13,16-17,20-21H,6-9,14-15H2,1-5H3,(H,27,30)(H,29,31). The van der Waals surface area contributed by atoms with Gasteiger partial charge in [-0.15, -0.1) is 11.3 Å². The van der Waals surface area contributed by atoms with Gasteiger partial charge in [0.05, 0.1) is 0 Å². The molecule has 0 aliphatic heterocycles. The molecule has 3 rings (SSSR count). The van der Waals surface area contributed by atoms with Crippen LogP contribution in [-0.4, -0.2) is 28.9 Å². The maximum Gasteiger partial charge on any atom is 0.271 e. The average Bonchev–Trinajstić information content (AvgIpc) is 3.22. The second kappa shape index (κ2) is 11.1. The first-order valence-corrected chi connectivity index (χ1v) is 12.8. The fourth-order valence-corrected chi connectivity index (χ4v) is 4.72. The van der Waals surface area contributed by atoms with Crippen LogP contribution in [0.2, 0.25) is 0 Å². The van der Waals surface area contributed by atoms with Gasteiger partial charge < -0.3 is 15.4 Å². The summed E-state index contributed by atoms with van der Waals surface area (Å²) in [5.41, 5.74) is 1.61.